The number of likely N-dealkylation sites (tertiary alicyclic amines) is 1. The van der Waals surface area contributed by atoms with Crippen LogP contribution in [0.2, 0.25) is 0 Å². The lowest BCUT2D eigenvalue weighted by atomic mass is 10.2. The maximum atomic E-state index is 11.4. The Hall–Kier alpha value is -0.640. The highest BCUT2D eigenvalue weighted by Gasteiger charge is 2.31. The molecule has 1 rings (SSSR count). The lowest BCUT2D eigenvalue weighted by molar-refractivity contribution is -0.147. The van der Waals surface area contributed by atoms with E-state index in [-0.39, 0.29) is 12.0 Å². The van der Waals surface area contributed by atoms with Gasteiger partial charge in [0, 0.05) is 6.54 Å². The Kier molecular flexibility index (Phi) is 3.66. The van der Waals surface area contributed by atoms with E-state index < -0.39 is 0 Å². The smallest absolute Gasteiger partial charge is 0.328 e. The lowest BCUT2D eigenvalue weighted by Crippen LogP contribution is -2.39. The molecule has 0 aromatic rings. The third kappa shape index (κ3) is 2.40. The summed E-state index contributed by atoms with van der Waals surface area (Å²) in [5.41, 5.74) is 0. The Morgan fingerprint density at radius 1 is 1.69 bits per heavy atom. The summed E-state index contributed by atoms with van der Waals surface area (Å²) in [6, 6.07) is -0.127. The minimum Gasteiger partial charge on any atom is -0.464 e. The first kappa shape index (κ1) is 10.4. The molecule has 13 heavy (non-hydrogen) atoms. The van der Waals surface area contributed by atoms with Gasteiger partial charge in [0.15, 0.2) is 0 Å². The molecule has 0 amide bonds. The van der Waals surface area contributed by atoms with E-state index in [9.17, 15) is 4.79 Å². The van der Waals surface area contributed by atoms with Gasteiger partial charge in [-0.15, -0.1) is 0 Å². The molecule has 0 N–H and O–H groups in total. The van der Waals surface area contributed by atoms with Crippen molar-refractivity contribution in [1.82, 2.24) is 4.90 Å². The molecule has 0 spiro atoms. The normalized spacial score (nSPS) is 21.7. The molecule has 0 unspecified atom stereocenters. The minimum absolute atomic E-state index is 0.127. The van der Waals surface area contributed by atoms with E-state index in [0.717, 1.165) is 24.4 Å². The largest absolute Gasteiger partial charge is 0.464 e. The predicted molar refractivity (Wildman–Crippen MR) is 54.6 cm³/mol. The number of hydrogen-bond acceptors (Lipinski definition) is 3. The van der Waals surface area contributed by atoms with Crippen LogP contribution in [0.3, 0.4) is 0 Å². The van der Waals surface area contributed by atoms with Gasteiger partial charge >= 0.3 is 5.97 Å². The van der Waals surface area contributed by atoms with Crippen molar-refractivity contribution in [3.63, 3.8) is 0 Å². The van der Waals surface area contributed by atoms with Gasteiger partial charge in [0.1, 0.15) is 6.04 Å². The highest BCUT2D eigenvalue weighted by molar-refractivity contribution is 7.80. The third-order valence-corrected chi connectivity index (χ3v) is 2.45. The Morgan fingerprint density at radius 2 is 2.38 bits per heavy atom. The second kappa shape index (κ2) is 4.56. The molecule has 0 bridgehead atoms. The van der Waals surface area contributed by atoms with E-state index in [4.69, 9.17) is 17.0 Å². The van der Waals surface area contributed by atoms with Crippen LogP contribution in [-0.4, -0.2) is 35.1 Å². The average molecular weight is 201 g/mol. The van der Waals surface area contributed by atoms with Crippen LogP contribution in [0.15, 0.2) is 0 Å². The molecular weight excluding hydrogens is 186 g/mol. The van der Waals surface area contributed by atoms with Gasteiger partial charge in [0.2, 0.25) is 0 Å². The van der Waals surface area contributed by atoms with Crippen LogP contribution in [0.25, 0.3) is 0 Å². The Labute approximate surface area is 84.0 Å². The number of carbonyl (C=O) groups excluding carboxylic acids is 1. The Balaban J connectivity index is 2.57. The molecule has 0 aromatic heterocycles. The molecule has 1 aliphatic rings. The van der Waals surface area contributed by atoms with Gasteiger partial charge in [-0.1, -0.05) is 12.2 Å². The maximum absolute atomic E-state index is 11.4. The van der Waals surface area contributed by atoms with Crippen molar-refractivity contribution in [3.8, 4) is 0 Å². The maximum Gasteiger partial charge on any atom is 0.328 e. The molecule has 0 radical (unpaired) electrons. The number of thiocarbonyl (C=S) groups is 1. The zero-order chi connectivity index (χ0) is 9.84. The molecule has 1 aliphatic heterocycles. The number of rotatable bonds is 2. The fourth-order valence-corrected chi connectivity index (χ4v) is 1.85. The van der Waals surface area contributed by atoms with E-state index in [0.29, 0.717) is 6.61 Å². The van der Waals surface area contributed by atoms with Gasteiger partial charge in [-0.2, -0.15) is 0 Å². The van der Waals surface area contributed by atoms with Crippen LogP contribution >= 0.6 is 12.2 Å². The summed E-state index contributed by atoms with van der Waals surface area (Å²) >= 11 is 5.05. The summed E-state index contributed by atoms with van der Waals surface area (Å²) in [4.78, 5) is 14.2. The fraction of sp³-hybridized carbons (Fsp3) is 0.778. The van der Waals surface area contributed by atoms with Crippen molar-refractivity contribution >= 4 is 23.2 Å². The molecule has 0 saturated carbocycles. The van der Waals surface area contributed by atoms with Crippen LogP contribution in [0.1, 0.15) is 26.7 Å². The first-order valence-electron chi connectivity index (χ1n) is 4.60. The SMILES string of the molecule is CCOC(=O)[C@@H]1CCCN1C(C)=S. The summed E-state index contributed by atoms with van der Waals surface area (Å²) in [5, 5.41) is 0. The van der Waals surface area contributed by atoms with Crippen molar-refractivity contribution < 1.29 is 9.53 Å². The highest BCUT2D eigenvalue weighted by atomic mass is 32.1. The lowest BCUT2D eigenvalue weighted by Gasteiger charge is -2.23. The van der Waals surface area contributed by atoms with Gasteiger partial charge < -0.3 is 9.64 Å². The van der Waals surface area contributed by atoms with Crippen LogP contribution in [0.5, 0.6) is 0 Å². The molecule has 1 saturated heterocycles. The van der Waals surface area contributed by atoms with Crippen molar-refractivity contribution in [3.05, 3.63) is 0 Å². The minimum atomic E-state index is -0.135. The van der Waals surface area contributed by atoms with Gasteiger partial charge in [0.25, 0.3) is 0 Å². The summed E-state index contributed by atoms with van der Waals surface area (Å²) in [7, 11) is 0. The topological polar surface area (TPSA) is 29.5 Å². The third-order valence-electron chi connectivity index (χ3n) is 2.22. The van der Waals surface area contributed by atoms with Crippen LogP contribution in [0.4, 0.5) is 0 Å². The zero-order valence-corrected chi connectivity index (χ0v) is 8.89. The summed E-state index contributed by atoms with van der Waals surface area (Å²) in [5.74, 6) is -0.135. The molecular formula is C9H15NO2S. The van der Waals surface area contributed by atoms with E-state index in [1.54, 1.807) is 0 Å². The molecule has 3 nitrogen and oxygen atoms in total. The number of esters is 1. The number of hydrogen-bond donors (Lipinski definition) is 0. The summed E-state index contributed by atoms with van der Waals surface area (Å²) in [6.07, 6.45) is 1.89. The number of ether oxygens (including phenoxy) is 1. The summed E-state index contributed by atoms with van der Waals surface area (Å²) < 4.78 is 4.97. The first-order chi connectivity index (χ1) is 6.16. The Morgan fingerprint density at radius 3 is 2.92 bits per heavy atom. The van der Waals surface area contributed by atoms with Crippen LogP contribution < -0.4 is 0 Å². The quantitative estimate of drug-likeness (QED) is 0.498. The first-order valence-corrected chi connectivity index (χ1v) is 5.01. The molecule has 1 fully saturated rings. The molecule has 4 heteroatoms. The second-order valence-electron chi connectivity index (χ2n) is 3.12. The second-order valence-corrected chi connectivity index (χ2v) is 3.71. The van der Waals surface area contributed by atoms with Crippen LogP contribution in [-0.2, 0) is 9.53 Å². The van der Waals surface area contributed by atoms with Crippen molar-refractivity contribution in [2.75, 3.05) is 13.2 Å². The van der Waals surface area contributed by atoms with Gasteiger partial charge in [0.05, 0.1) is 11.6 Å². The van der Waals surface area contributed by atoms with Crippen molar-refractivity contribution in [2.45, 2.75) is 32.7 Å². The number of nitrogens with zero attached hydrogens (tertiary/aromatic N) is 1. The molecule has 0 aliphatic carbocycles. The van der Waals surface area contributed by atoms with E-state index in [1.807, 2.05) is 18.7 Å². The van der Waals surface area contributed by atoms with Gasteiger partial charge in [-0.05, 0) is 26.7 Å². The molecule has 0 aromatic carbocycles. The van der Waals surface area contributed by atoms with Crippen molar-refractivity contribution in [2.24, 2.45) is 0 Å². The molecule has 74 valence electrons. The standard InChI is InChI=1S/C9H15NO2S/c1-3-12-9(11)8-5-4-6-10(8)7(2)13/h8H,3-6H2,1-2H3/t8-/m0/s1. The predicted octanol–water partition coefficient (Wildman–Crippen LogP) is 1.36. The highest BCUT2D eigenvalue weighted by Crippen LogP contribution is 2.18. The average Bonchev–Trinajstić information content (AvgIpc) is 2.52. The zero-order valence-electron chi connectivity index (χ0n) is 8.08. The fourth-order valence-electron chi connectivity index (χ4n) is 1.63. The molecule has 1 heterocycles. The summed E-state index contributed by atoms with van der Waals surface area (Å²) in [6.45, 7) is 5.01. The monoisotopic (exact) mass is 201 g/mol. The van der Waals surface area contributed by atoms with Crippen molar-refractivity contribution in [1.29, 1.82) is 0 Å². The number of carbonyl (C=O) groups is 1. The van der Waals surface area contributed by atoms with E-state index in [1.165, 1.54) is 0 Å². The molecule has 1 atom stereocenters. The van der Waals surface area contributed by atoms with Gasteiger partial charge in [-0.3, -0.25) is 0 Å². The van der Waals surface area contributed by atoms with Gasteiger partial charge in [-0.25, -0.2) is 4.79 Å². The van der Waals surface area contributed by atoms with Crippen LogP contribution in [0, 0.1) is 0 Å². The van der Waals surface area contributed by atoms with E-state index in [2.05, 4.69) is 0 Å². The Bertz CT molecular complexity index is 218. The van der Waals surface area contributed by atoms with E-state index >= 15 is 0 Å².